The molecule has 0 radical (unpaired) electrons. The van der Waals surface area contributed by atoms with E-state index >= 15 is 0 Å². The molecule has 2 N–H and O–H groups in total. The van der Waals surface area contributed by atoms with Crippen LogP contribution in [-0.4, -0.2) is 16.4 Å². The highest BCUT2D eigenvalue weighted by Crippen LogP contribution is 2.38. The number of rotatable bonds is 8. The van der Waals surface area contributed by atoms with Gasteiger partial charge < -0.3 is 14.9 Å². The quantitative estimate of drug-likeness (QED) is 0.251. The van der Waals surface area contributed by atoms with Gasteiger partial charge in [0.15, 0.2) is 8.69 Å². The lowest BCUT2D eigenvalue weighted by molar-refractivity contribution is -0.384. The summed E-state index contributed by atoms with van der Waals surface area (Å²) in [4.78, 5) is 17.8. The molecule has 7 nitrogen and oxygen atoms in total. The third kappa shape index (κ3) is 8.40. The second-order valence-electron chi connectivity index (χ2n) is 6.35. The fourth-order valence-electron chi connectivity index (χ4n) is 2.60. The van der Waals surface area contributed by atoms with Crippen molar-refractivity contribution in [3.05, 3.63) is 57.1 Å². The summed E-state index contributed by atoms with van der Waals surface area (Å²) in [6, 6.07) is 6.84. The van der Waals surface area contributed by atoms with Crippen LogP contribution >= 0.6 is 20.3 Å². The van der Waals surface area contributed by atoms with Crippen molar-refractivity contribution in [3.63, 3.8) is 0 Å². The molecule has 0 aromatic heterocycles. The number of benzene rings is 2. The fourth-order valence-corrected chi connectivity index (χ4v) is 2.82. The monoisotopic (exact) mass is 482 g/mol. The lowest BCUT2D eigenvalue weighted by atomic mass is 10.0. The first kappa shape index (κ1) is 26.7. The van der Waals surface area contributed by atoms with E-state index in [0.717, 1.165) is 31.0 Å². The number of hydrogen-bond acceptors (Lipinski definition) is 5. The molecule has 0 saturated heterocycles. The van der Waals surface area contributed by atoms with Gasteiger partial charge >= 0.3 is 6.18 Å². The van der Waals surface area contributed by atoms with E-state index in [1.54, 1.807) is 0 Å². The molecule has 1 unspecified atom stereocenters. The van der Waals surface area contributed by atoms with Gasteiger partial charge in [0, 0.05) is 18.7 Å². The van der Waals surface area contributed by atoms with Crippen molar-refractivity contribution in [3.8, 4) is 11.5 Å². The Kier molecular flexibility index (Phi) is 10.8. The molecule has 2 aromatic carbocycles. The lowest BCUT2D eigenvalue weighted by Crippen LogP contribution is -2.13. The van der Waals surface area contributed by atoms with Crippen LogP contribution in [0.1, 0.15) is 32.3 Å². The summed E-state index contributed by atoms with van der Waals surface area (Å²) in [5.41, 5.74) is -0.727. The zero-order valence-corrected chi connectivity index (χ0v) is 18.7. The predicted molar refractivity (Wildman–Crippen MR) is 115 cm³/mol. The molecule has 31 heavy (non-hydrogen) atoms. The molecule has 1 atom stereocenters. The van der Waals surface area contributed by atoms with Crippen molar-refractivity contribution in [1.82, 2.24) is 0 Å². The Labute approximate surface area is 183 Å². The maximum Gasteiger partial charge on any atom is 0.416 e. The van der Waals surface area contributed by atoms with Crippen molar-refractivity contribution < 1.29 is 32.3 Å². The van der Waals surface area contributed by atoms with Gasteiger partial charge in [-0.2, -0.15) is 13.2 Å². The number of alkyl halides is 3. The van der Waals surface area contributed by atoms with Crippen LogP contribution in [0.5, 0.6) is 11.5 Å². The Hall–Kier alpha value is -2.29. The molecule has 0 aliphatic rings. The third-order valence-corrected chi connectivity index (χ3v) is 4.68. The molecule has 0 aliphatic carbocycles. The summed E-state index contributed by atoms with van der Waals surface area (Å²) < 4.78 is 52.3. The molecule has 2 rings (SSSR count). The minimum absolute atomic E-state index is 0.0227. The molecular weight excluding hydrogens is 460 g/mol. The van der Waals surface area contributed by atoms with E-state index in [1.165, 1.54) is 18.2 Å². The highest BCUT2D eigenvalue weighted by atomic mass is 35.5. The fraction of sp³-hybridized carbons (Fsp3) is 0.368. The molecule has 0 aliphatic heterocycles. The number of nitro benzene ring substituents is 1. The van der Waals surface area contributed by atoms with Crippen molar-refractivity contribution in [1.29, 1.82) is 0 Å². The van der Waals surface area contributed by atoms with Crippen LogP contribution < -0.4 is 10.1 Å². The van der Waals surface area contributed by atoms with Gasteiger partial charge in [0.2, 0.25) is 0 Å². The molecule has 12 heteroatoms. The minimum atomic E-state index is -4.51. The van der Waals surface area contributed by atoms with Gasteiger partial charge in [0.05, 0.1) is 15.5 Å². The van der Waals surface area contributed by atoms with Crippen LogP contribution in [-0.2, 0) is 10.7 Å². The van der Waals surface area contributed by atoms with Gasteiger partial charge in [0.25, 0.3) is 5.69 Å². The van der Waals surface area contributed by atoms with Gasteiger partial charge in [-0.3, -0.25) is 14.7 Å². The van der Waals surface area contributed by atoms with E-state index in [0.29, 0.717) is 12.5 Å². The Morgan fingerprint density at radius 2 is 1.84 bits per heavy atom. The average Bonchev–Trinajstić information content (AvgIpc) is 2.70. The molecule has 0 bridgehead atoms. The summed E-state index contributed by atoms with van der Waals surface area (Å²) in [7, 11) is -1.50. The molecule has 2 aromatic rings. The van der Waals surface area contributed by atoms with Crippen LogP contribution in [0.3, 0.4) is 0 Å². The zero-order valence-electron chi connectivity index (χ0n) is 16.8. The zero-order chi connectivity index (χ0) is 23.6. The molecule has 0 spiro atoms. The van der Waals surface area contributed by atoms with Crippen molar-refractivity contribution in [2.45, 2.75) is 32.9 Å². The summed E-state index contributed by atoms with van der Waals surface area (Å²) in [5, 5.41) is 14.1. The second-order valence-corrected chi connectivity index (χ2v) is 6.97. The van der Waals surface area contributed by atoms with Crippen molar-refractivity contribution in [2.75, 3.05) is 11.9 Å². The van der Waals surface area contributed by atoms with E-state index in [-0.39, 0.29) is 27.9 Å². The van der Waals surface area contributed by atoms with Gasteiger partial charge in [-0.25, -0.2) is 0 Å². The van der Waals surface area contributed by atoms with Gasteiger partial charge in [-0.05, 0) is 30.2 Å². The normalized spacial score (nSPS) is 11.4. The standard InChI is InChI=1S/C19H20ClF3N2O3.H3O2P/c1-3-12(4-2)11-24-16-10-14(6-7-17(16)25(26)27)28-18-8-5-13(9-15(18)20)19(21,22)23;1-3-2/h5-10,12,24H,3-4,11H2,1-2H3;3H2,(H,1,2). The number of nitro groups is 1. The number of hydrogen-bond donors (Lipinski definition) is 2. The first-order valence-electron chi connectivity index (χ1n) is 9.22. The van der Waals surface area contributed by atoms with Crippen molar-refractivity contribution in [2.24, 2.45) is 5.92 Å². The Balaban J connectivity index is 0.00000151. The summed E-state index contributed by atoms with van der Waals surface area (Å²) in [5.74, 6) is 0.599. The maximum absolute atomic E-state index is 12.7. The van der Waals surface area contributed by atoms with Gasteiger partial charge in [-0.15, -0.1) is 0 Å². The minimum Gasteiger partial charge on any atom is -0.456 e. The SMILES string of the molecule is CCC(CC)CNc1cc(Oc2ccc(C(F)(F)F)cc2Cl)ccc1[N+](=O)[O-].O=[PH2]O. The van der Waals surface area contributed by atoms with Crippen LogP contribution in [0.25, 0.3) is 0 Å². The first-order chi connectivity index (χ1) is 14.6. The van der Waals surface area contributed by atoms with E-state index in [4.69, 9.17) is 25.8 Å². The van der Waals surface area contributed by atoms with Crippen molar-refractivity contribution >= 4 is 31.7 Å². The molecule has 0 amide bonds. The predicted octanol–water partition coefficient (Wildman–Crippen LogP) is 6.56. The number of nitrogens with one attached hydrogen (secondary N) is 1. The second kappa shape index (κ2) is 12.5. The topological polar surface area (TPSA) is 102 Å². The van der Waals surface area contributed by atoms with Crippen LogP contribution in [0, 0.1) is 16.0 Å². The smallest absolute Gasteiger partial charge is 0.416 e. The number of halogens is 4. The van der Waals surface area contributed by atoms with E-state index in [1.807, 2.05) is 13.8 Å². The van der Waals surface area contributed by atoms with E-state index in [2.05, 4.69) is 5.32 Å². The summed E-state index contributed by atoms with van der Waals surface area (Å²) in [6.45, 7) is 4.63. The van der Waals surface area contributed by atoms with Crippen LogP contribution in [0.15, 0.2) is 36.4 Å². The molecular formula is C19H23ClF3N2O5P. The number of anilines is 1. The molecule has 0 heterocycles. The maximum atomic E-state index is 12.7. The Morgan fingerprint density at radius 3 is 2.32 bits per heavy atom. The summed E-state index contributed by atoms with van der Waals surface area (Å²) in [6.07, 6.45) is -2.66. The molecule has 0 saturated carbocycles. The number of nitrogens with zero attached hydrogens (tertiary/aromatic N) is 1. The van der Waals surface area contributed by atoms with E-state index in [9.17, 15) is 23.3 Å². The largest absolute Gasteiger partial charge is 0.456 e. The summed E-state index contributed by atoms with van der Waals surface area (Å²) >= 11 is 5.90. The van der Waals surface area contributed by atoms with Crippen LogP contribution in [0.4, 0.5) is 24.5 Å². The molecule has 0 fully saturated rings. The van der Waals surface area contributed by atoms with Gasteiger partial charge in [0.1, 0.15) is 17.2 Å². The third-order valence-electron chi connectivity index (χ3n) is 4.39. The lowest BCUT2D eigenvalue weighted by Gasteiger charge is -2.15. The highest BCUT2D eigenvalue weighted by molar-refractivity contribution is 7.16. The molecule has 172 valence electrons. The first-order valence-corrected chi connectivity index (χ1v) is 10.6. The number of ether oxygens (including phenoxy) is 1. The van der Waals surface area contributed by atoms with Gasteiger partial charge in [-0.1, -0.05) is 38.3 Å². The average molecular weight is 483 g/mol. The highest BCUT2D eigenvalue weighted by Gasteiger charge is 2.31. The van der Waals surface area contributed by atoms with E-state index < -0.39 is 25.4 Å². The van der Waals surface area contributed by atoms with Crippen LogP contribution in [0.2, 0.25) is 5.02 Å². The Morgan fingerprint density at radius 1 is 1.23 bits per heavy atom. The Bertz CT molecular complexity index is 895.